The second-order valence-electron chi connectivity index (χ2n) is 5.64. The van der Waals surface area contributed by atoms with E-state index in [1.165, 1.54) is 0 Å². The summed E-state index contributed by atoms with van der Waals surface area (Å²) < 4.78 is 18.9. The molecule has 114 valence electrons. The van der Waals surface area contributed by atoms with Gasteiger partial charge in [0.25, 0.3) is 0 Å². The fourth-order valence-corrected chi connectivity index (χ4v) is 2.86. The van der Waals surface area contributed by atoms with Crippen molar-refractivity contribution in [3.05, 3.63) is 0 Å². The van der Waals surface area contributed by atoms with Crippen LogP contribution in [0.5, 0.6) is 0 Å². The van der Waals surface area contributed by atoms with Gasteiger partial charge in [-0.15, -0.1) is 0 Å². The summed E-state index contributed by atoms with van der Waals surface area (Å²) in [4.78, 5) is 24.5. The van der Waals surface area contributed by atoms with Crippen LogP contribution in [0.2, 0.25) is 0 Å². The Morgan fingerprint density at radius 1 is 1.45 bits per heavy atom. The molecule has 0 bridgehead atoms. The molecule has 0 aliphatic carbocycles. The molecule has 0 aromatic rings. The molecule has 3 N–H and O–H groups in total. The minimum absolute atomic E-state index is 0.0257. The highest BCUT2D eigenvalue weighted by Crippen LogP contribution is 2.21. The summed E-state index contributed by atoms with van der Waals surface area (Å²) in [5, 5.41) is 2.79. The Morgan fingerprint density at radius 2 is 2.20 bits per heavy atom. The third-order valence-electron chi connectivity index (χ3n) is 3.87. The van der Waals surface area contributed by atoms with E-state index in [9.17, 15) is 14.0 Å². The van der Waals surface area contributed by atoms with E-state index in [1.54, 1.807) is 4.90 Å². The first-order valence-electron chi connectivity index (χ1n) is 7.05. The number of nitrogens with zero attached hydrogens (tertiary/aromatic N) is 1. The maximum absolute atomic E-state index is 13.4. The lowest BCUT2D eigenvalue weighted by atomic mass is 10.1. The molecule has 0 spiro atoms. The molecule has 4 atom stereocenters. The molecule has 0 saturated carbocycles. The minimum Gasteiger partial charge on any atom is -0.369 e. The van der Waals surface area contributed by atoms with Crippen LogP contribution in [-0.4, -0.2) is 60.8 Å². The number of halogens is 1. The van der Waals surface area contributed by atoms with Crippen molar-refractivity contribution in [3.8, 4) is 0 Å². The van der Waals surface area contributed by atoms with Crippen molar-refractivity contribution in [1.82, 2.24) is 10.2 Å². The van der Waals surface area contributed by atoms with Crippen molar-refractivity contribution in [2.45, 2.75) is 50.6 Å². The van der Waals surface area contributed by atoms with Gasteiger partial charge >= 0.3 is 0 Å². The standard InChI is InChI=1S/C13H22FN3O3/c1-8-2-3-11(20-8)13(19)16-5-10-4-9(14)6-17(10)7-12(15)18/h8-11H,2-7H2,1H3,(H2,15,18)(H,16,19)/t8-,9-,10-,11-/m0/s1. The molecule has 2 saturated heterocycles. The van der Waals surface area contributed by atoms with Gasteiger partial charge < -0.3 is 15.8 Å². The summed E-state index contributed by atoms with van der Waals surface area (Å²) in [5.74, 6) is -0.640. The van der Waals surface area contributed by atoms with Crippen molar-refractivity contribution in [3.63, 3.8) is 0 Å². The number of primary amides is 1. The van der Waals surface area contributed by atoms with Crippen LogP contribution >= 0.6 is 0 Å². The predicted molar refractivity (Wildman–Crippen MR) is 70.6 cm³/mol. The SMILES string of the molecule is C[C@H]1CC[C@@H](C(=O)NC[C@@H]2C[C@H](F)CN2CC(N)=O)O1. The van der Waals surface area contributed by atoms with Gasteiger partial charge in [-0.3, -0.25) is 14.5 Å². The smallest absolute Gasteiger partial charge is 0.249 e. The third-order valence-corrected chi connectivity index (χ3v) is 3.87. The molecule has 2 aliphatic rings. The summed E-state index contributed by atoms with van der Waals surface area (Å²) in [6.07, 6.45) is 0.640. The van der Waals surface area contributed by atoms with E-state index in [4.69, 9.17) is 10.5 Å². The zero-order valence-corrected chi connectivity index (χ0v) is 11.7. The zero-order valence-electron chi connectivity index (χ0n) is 11.7. The molecular weight excluding hydrogens is 265 g/mol. The van der Waals surface area contributed by atoms with Crippen LogP contribution in [0.15, 0.2) is 0 Å². The van der Waals surface area contributed by atoms with Gasteiger partial charge in [0.05, 0.1) is 12.6 Å². The molecule has 0 radical (unpaired) electrons. The normalized spacial score (nSPS) is 34.3. The number of amides is 2. The average molecular weight is 287 g/mol. The van der Waals surface area contributed by atoms with E-state index < -0.39 is 18.2 Å². The minimum atomic E-state index is -0.973. The first-order valence-corrected chi connectivity index (χ1v) is 7.05. The van der Waals surface area contributed by atoms with Crippen LogP contribution in [0.4, 0.5) is 4.39 Å². The highest BCUT2D eigenvalue weighted by atomic mass is 19.1. The van der Waals surface area contributed by atoms with Gasteiger partial charge in [0.1, 0.15) is 12.3 Å². The molecular formula is C13H22FN3O3. The van der Waals surface area contributed by atoms with E-state index in [-0.39, 0.29) is 31.1 Å². The summed E-state index contributed by atoms with van der Waals surface area (Å²) in [5.41, 5.74) is 5.14. The van der Waals surface area contributed by atoms with Crippen molar-refractivity contribution >= 4 is 11.8 Å². The number of nitrogens with two attached hydrogens (primary N) is 1. The average Bonchev–Trinajstić information content (AvgIpc) is 2.92. The quantitative estimate of drug-likeness (QED) is 0.718. The molecule has 6 nitrogen and oxygen atoms in total. The van der Waals surface area contributed by atoms with Crippen LogP contribution in [0, 0.1) is 0 Å². The molecule has 2 heterocycles. The predicted octanol–water partition coefficient (Wildman–Crippen LogP) is -0.432. The number of rotatable bonds is 5. The number of carbonyl (C=O) groups excluding carboxylic acids is 2. The summed E-state index contributed by atoms with van der Waals surface area (Å²) in [6.45, 7) is 2.48. The molecule has 20 heavy (non-hydrogen) atoms. The molecule has 2 rings (SSSR count). The van der Waals surface area contributed by atoms with Crippen LogP contribution in [0.3, 0.4) is 0 Å². The molecule has 2 aliphatic heterocycles. The summed E-state index contributed by atoms with van der Waals surface area (Å²) in [7, 11) is 0. The van der Waals surface area contributed by atoms with Gasteiger partial charge in [-0.2, -0.15) is 0 Å². The Kier molecular flexibility index (Phi) is 4.93. The van der Waals surface area contributed by atoms with E-state index in [0.29, 0.717) is 19.4 Å². The van der Waals surface area contributed by atoms with E-state index in [1.807, 2.05) is 6.92 Å². The number of carbonyl (C=O) groups is 2. The number of alkyl halides is 1. The number of likely N-dealkylation sites (tertiary alicyclic amines) is 1. The Morgan fingerprint density at radius 3 is 2.80 bits per heavy atom. The van der Waals surface area contributed by atoms with Crippen molar-refractivity contribution in [2.24, 2.45) is 5.73 Å². The fourth-order valence-electron chi connectivity index (χ4n) is 2.86. The van der Waals surface area contributed by atoms with Gasteiger partial charge in [-0.1, -0.05) is 0 Å². The van der Waals surface area contributed by atoms with Crippen LogP contribution < -0.4 is 11.1 Å². The third kappa shape index (κ3) is 3.89. The largest absolute Gasteiger partial charge is 0.369 e. The Balaban J connectivity index is 1.79. The topological polar surface area (TPSA) is 84.7 Å². The molecule has 0 unspecified atom stereocenters. The molecule has 7 heteroatoms. The van der Waals surface area contributed by atoms with Crippen molar-refractivity contribution in [1.29, 1.82) is 0 Å². The molecule has 2 fully saturated rings. The first kappa shape index (κ1) is 15.2. The van der Waals surface area contributed by atoms with Gasteiger partial charge in [0.2, 0.25) is 11.8 Å². The number of nitrogens with one attached hydrogen (secondary N) is 1. The highest BCUT2D eigenvalue weighted by molar-refractivity contribution is 5.81. The molecule has 0 aromatic carbocycles. The lowest BCUT2D eigenvalue weighted by Gasteiger charge is -2.23. The number of ether oxygens (including phenoxy) is 1. The first-order chi connectivity index (χ1) is 9.45. The van der Waals surface area contributed by atoms with E-state index in [0.717, 1.165) is 6.42 Å². The van der Waals surface area contributed by atoms with Gasteiger partial charge in [0.15, 0.2) is 0 Å². The summed E-state index contributed by atoms with van der Waals surface area (Å²) >= 11 is 0. The monoisotopic (exact) mass is 287 g/mol. The lowest BCUT2D eigenvalue weighted by Crippen LogP contribution is -2.45. The molecule has 2 amide bonds. The number of hydrogen-bond donors (Lipinski definition) is 2. The van der Waals surface area contributed by atoms with Crippen LogP contribution in [-0.2, 0) is 14.3 Å². The van der Waals surface area contributed by atoms with Crippen molar-refractivity contribution < 1.29 is 18.7 Å². The second kappa shape index (κ2) is 6.49. The Bertz CT molecular complexity index is 380. The maximum Gasteiger partial charge on any atom is 0.249 e. The van der Waals surface area contributed by atoms with Gasteiger partial charge in [-0.25, -0.2) is 4.39 Å². The maximum atomic E-state index is 13.4. The zero-order chi connectivity index (χ0) is 14.7. The lowest BCUT2D eigenvalue weighted by molar-refractivity contribution is -0.131. The van der Waals surface area contributed by atoms with Gasteiger partial charge in [0, 0.05) is 19.1 Å². The Labute approximate surface area is 117 Å². The van der Waals surface area contributed by atoms with Gasteiger partial charge in [-0.05, 0) is 26.2 Å². The second-order valence-corrected chi connectivity index (χ2v) is 5.64. The van der Waals surface area contributed by atoms with Crippen molar-refractivity contribution in [2.75, 3.05) is 19.6 Å². The highest BCUT2D eigenvalue weighted by Gasteiger charge is 2.34. The van der Waals surface area contributed by atoms with E-state index >= 15 is 0 Å². The number of hydrogen-bond acceptors (Lipinski definition) is 4. The van der Waals surface area contributed by atoms with Crippen LogP contribution in [0.1, 0.15) is 26.2 Å². The fraction of sp³-hybridized carbons (Fsp3) is 0.846. The Hall–Kier alpha value is -1.21. The van der Waals surface area contributed by atoms with E-state index in [2.05, 4.69) is 5.32 Å². The van der Waals surface area contributed by atoms with Crippen LogP contribution in [0.25, 0.3) is 0 Å². The summed E-state index contributed by atoms with van der Waals surface area (Å²) in [6, 6.07) is -0.180. The molecule has 0 aromatic heterocycles.